The highest BCUT2D eigenvalue weighted by Gasteiger charge is 2.21. The third-order valence-electron chi connectivity index (χ3n) is 6.06. The molecule has 1 atom stereocenters. The largest absolute Gasteiger partial charge is 0.457 e. The Bertz CT molecular complexity index is 1150. The molecule has 8 heteroatoms. The Balaban J connectivity index is 1.59. The fraction of sp³-hybridized carbons (Fsp3) is 0.333. The summed E-state index contributed by atoms with van der Waals surface area (Å²) in [7, 11) is 0. The molecule has 6 nitrogen and oxygen atoms in total. The summed E-state index contributed by atoms with van der Waals surface area (Å²) < 4.78 is 18.8. The van der Waals surface area contributed by atoms with Gasteiger partial charge in [0.25, 0.3) is 0 Å². The van der Waals surface area contributed by atoms with E-state index in [0.717, 1.165) is 17.8 Å². The number of hydrogen-bond acceptors (Lipinski definition) is 4. The Morgan fingerprint density at radius 2 is 1.47 bits per heavy atom. The average Bonchev–Trinajstić information content (AvgIpc) is 2.88. The average molecular weight is 537 g/mol. The number of nitrogens with zero attached hydrogens (tertiary/aromatic N) is 1. The summed E-state index contributed by atoms with van der Waals surface area (Å²) in [4.78, 5) is 15.5. The lowest BCUT2D eigenvalue weighted by molar-refractivity contribution is -0.122. The van der Waals surface area contributed by atoms with Gasteiger partial charge in [0.1, 0.15) is 23.4 Å². The molecule has 0 spiro atoms. The van der Waals surface area contributed by atoms with Crippen molar-refractivity contribution >= 4 is 28.9 Å². The van der Waals surface area contributed by atoms with E-state index in [9.17, 15) is 9.18 Å². The van der Waals surface area contributed by atoms with Gasteiger partial charge in [-0.05, 0) is 94.0 Å². The summed E-state index contributed by atoms with van der Waals surface area (Å²) in [5.74, 6) is 0.738. The number of carbonyl (C=O) groups is 1. The monoisotopic (exact) mass is 536 g/mol. The van der Waals surface area contributed by atoms with Crippen LogP contribution in [-0.2, 0) is 11.2 Å². The van der Waals surface area contributed by atoms with E-state index in [0.29, 0.717) is 41.7 Å². The second-order valence-corrected chi connectivity index (χ2v) is 10.0. The van der Waals surface area contributed by atoms with Gasteiger partial charge < -0.3 is 20.7 Å². The molecule has 3 rings (SSSR count). The molecule has 1 unspecified atom stereocenters. The van der Waals surface area contributed by atoms with Gasteiger partial charge in [-0.3, -0.25) is 9.69 Å². The van der Waals surface area contributed by atoms with Crippen LogP contribution in [-0.4, -0.2) is 47.1 Å². The van der Waals surface area contributed by atoms with Crippen LogP contribution in [0.3, 0.4) is 0 Å². The third-order valence-corrected chi connectivity index (χ3v) is 6.28. The fourth-order valence-corrected chi connectivity index (χ4v) is 4.43. The Hall–Kier alpha value is -3.49. The van der Waals surface area contributed by atoms with Gasteiger partial charge >= 0.3 is 0 Å². The molecule has 0 aliphatic rings. The number of anilines is 1. The lowest BCUT2D eigenvalue weighted by atomic mass is 10.1. The number of halogens is 1. The number of amides is 1. The van der Waals surface area contributed by atoms with E-state index in [1.54, 1.807) is 24.3 Å². The van der Waals surface area contributed by atoms with E-state index in [4.69, 9.17) is 17.0 Å². The lowest BCUT2D eigenvalue weighted by Crippen LogP contribution is -2.51. The molecule has 0 bridgehead atoms. The Morgan fingerprint density at radius 3 is 2.05 bits per heavy atom. The molecule has 3 aromatic carbocycles. The summed E-state index contributed by atoms with van der Waals surface area (Å²) in [6.45, 7) is 9.96. The van der Waals surface area contributed by atoms with Gasteiger partial charge in [0.15, 0.2) is 5.11 Å². The highest BCUT2D eigenvalue weighted by atomic mass is 32.1. The highest BCUT2D eigenvalue weighted by molar-refractivity contribution is 7.80. The normalized spacial score (nSPS) is 11.9. The molecule has 3 N–H and O–H groups in total. The molecule has 0 radical (unpaired) electrons. The molecular weight excluding hydrogens is 499 g/mol. The SMILES string of the molecule is CC(C)N(CCNC(=O)C(Cc1ccccc1)NC(=S)Nc1ccc(Oc2ccc(F)cc2)cc1)C(C)C. The number of ether oxygens (including phenoxy) is 1. The molecule has 0 fully saturated rings. The third kappa shape index (κ3) is 9.43. The summed E-state index contributed by atoms with van der Waals surface area (Å²) in [6, 6.07) is 23.2. The van der Waals surface area contributed by atoms with Gasteiger partial charge in [-0.2, -0.15) is 0 Å². The first kappa shape index (κ1) is 29.1. The van der Waals surface area contributed by atoms with Crippen molar-refractivity contribution in [2.75, 3.05) is 18.4 Å². The van der Waals surface area contributed by atoms with Crippen molar-refractivity contribution < 1.29 is 13.9 Å². The van der Waals surface area contributed by atoms with Crippen molar-refractivity contribution in [2.45, 2.75) is 52.2 Å². The molecule has 3 aromatic rings. The number of rotatable bonds is 12. The molecule has 202 valence electrons. The Labute approximate surface area is 230 Å². The number of benzene rings is 3. The van der Waals surface area contributed by atoms with Gasteiger partial charge in [-0.1, -0.05) is 30.3 Å². The first-order valence-corrected chi connectivity index (χ1v) is 13.3. The van der Waals surface area contributed by atoms with Gasteiger partial charge in [-0.25, -0.2) is 4.39 Å². The first-order chi connectivity index (χ1) is 18.2. The maximum absolute atomic E-state index is 13.2. The molecule has 0 aromatic heterocycles. The standard InChI is InChI=1S/C30H37FN4O2S/c1-21(2)35(22(3)4)19-18-32-29(36)28(20-23-8-6-5-7-9-23)34-30(38)33-25-12-16-27(17-13-25)37-26-14-10-24(31)11-15-26/h5-17,21-22,28H,18-20H2,1-4H3,(H,32,36)(H2,33,34,38). The molecule has 0 aliphatic heterocycles. The summed E-state index contributed by atoms with van der Waals surface area (Å²) in [6.07, 6.45) is 0.497. The van der Waals surface area contributed by atoms with Crippen molar-refractivity contribution in [3.63, 3.8) is 0 Å². The van der Waals surface area contributed by atoms with Crippen molar-refractivity contribution in [2.24, 2.45) is 0 Å². The van der Waals surface area contributed by atoms with E-state index in [2.05, 4.69) is 48.5 Å². The summed E-state index contributed by atoms with van der Waals surface area (Å²) >= 11 is 5.54. The first-order valence-electron chi connectivity index (χ1n) is 12.9. The molecule has 38 heavy (non-hydrogen) atoms. The quantitative estimate of drug-likeness (QED) is 0.256. The Kier molecular flexibility index (Phi) is 11.1. The Morgan fingerprint density at radius 1 is 0.895 bits per heavy atom. The van der Waals surface area contributed by atoms with Crippen LogP contribution in [0.4, 0.5) is 10.1 Å². The predicted molar refractivity (Wildman–Crippen MR) is 156 cm³/mol. The maximum Gasteiger partial charge on any atom is 0.242 e. The van der Waals surface area contributed by atoms with E-state index < -0.39 is 6.04 Å². The predicted octanol–water partition coefficient (Wildman–Crippen LogP) is 5.75. The number of carbonyl (C=O) groups excluding carboxylic acids is 1. The highest BCUT2D eigenvalue weighted by Crippen LogP contribution is 2.23. The second kappa shape index (κ2) is 14.4. The fourth-order valence-electron chi connectivity index (χ4n) is 4.17. The zero-order chi connectivity index (χ0) is 27.5. The molecule has 0 saturated heterocycles. The van der Waals surface area contributed by atoms with Crippen LogP contribution in [0.15, 0.2) is 78.9 Å². The lowest BCUT2D eigenvalue weighted by Gasteiger charge is -2.30. The van der Waals surface area contributed by atoms with Crippen molar-refractivity contribution in [1.29, 1.82) is 0 Å². The van der Waals surface area contributed by atoms with Crippen molar-refractivity contribution in [3.8, 4) is 11.5 Å². The molecule has 1 amide bonds. The van der Waals surface area contributed by atoms with Crippen LogP contribution >= 0.6 is 12.2 Å². The van der Waals surface area contributed by atoms with Crippen molar-refractivity contribution in [3.05, 3.63) is 90.2 Å². The minimum Gasteiger partial charge on any atom is -0.457 e. The maximum atomic E-state index is 13.2. The zero-order valence-corrected chi connectivity index (χ0v) is 23.2. The summed E-state index contributed by atoms with van der Waals surface area (Å²) in [5, 5.41) is 9.75. The number of thiocarbonyl (C=S) groups is 1. The minimum atomic E-state index is -0.537. The van der Waals surface area contributed by atoms with E-state index in [1.165, 1.54) is 12.1 Å². The van der Waals surface area contributed by atoms with Crippen molar-refractivity contribution in [1.82, 2.24) is 15.5 Å². The van der Waals surface area contributed by atoms with Crippen LogP contribution in [0.2, 0.25) is 0 Å². The summed E-state index contributed by atoms with van der Waals surface area (Å²) in [5.41, 5.74) is 1.79. The second-order valence-electron chi connectivity index (χ2n) is 9.64. The zero-order valence-electron chi connectivity index (χ0n) is 22.4. The molecule has 0 heterocycles. The minimum absolute atomic E-state index is 0.103. The van der Waals surface area contributed by atoms with Gasteiger partial charge in [0, 0.05) is 37.3 Å². The van der Waals surface area contributed by atoms with E-state index >= 15 is 0 Å². The van der Waals surface area contributed by atoms with E-state index in [-0.39, 0.29) is 11.7 Å². The van der Waals surface area contributed by atoms with Gasteiger partial charge in [-0.15, -0.1) is 0 Å². The van der Waals surface area contributed by atoms with Gasteiger partial charge in [0.2, 0.25) is 5.91 Å². The van der Waals surface area contributed by atoms with Crippen LogP contribution in [0, 0.1) is 5.82 Å². The van der Waals surface area contributed by atoms with E-state index in [1.807, 2.05) is 42.5 Å². The molecule has 0 aliphatic carbocycles. The smallest absolute Gasteiger partial charge is 0.242 e. The number of hydrogen-bond donors (Lipinski definition) is 3. The van der Waals surface area contributed by atoms with Crippen LogP contribution in [0.5, 0.6) is 11.5 Å². The molecular formula is C30H37FN4O2S. The van der Waals surface area contributed by atoms with Crippen LogP contribution < -0.4 is 20.7 Å². The topological polar surface area (TPSA) is 65.6 Å². The van der Waals surface area contributed by atoms with Crippen LogP contribution in [0.25, 0.3) is 0 Å². The van der Waals surface area contributed by atoms with Crippen LogP contribution in [0.1, 0.15) is 33.3 Å². The van der Waals surface area contributed by atoms with Gasteiger partial charge in [0.05, 0.1) is 0 Å². The number of nitrogens with one attached hydrogen (secondary N) is 3. The molecule has 0 saturated carbocycles.